The van der Waals surface area contributed by atoms with Gasteiger partial charge in [-0.15, -0.1) is 0 Å². The highest BCUT2D eigenvalue weighted by molar-refractivity contribution is 6.07. The fraction of sp³-hybridized carbons (Fsp3) is 0.211. The van der Waals surface area contributed by atoms with Gasteiger partial charge in [0.15, 0.2) is 17.3 Å². The molecule has 1 N–H and O–H groups in total. The normalized spacial score (nSPS) is 10.7. The number of ketones is 1. The van der Waals surface area contributed by atoms with Crippen molar-refractivity contribution in [1.82, 2.24) is 0 Å². The number of phenolic OH excluding ortho intramolecular Hbond substituents is 1. The van der Waals surface area contributed by atoms with Gasteiger partial charge >= 0.3 is 0 Å². The van der Waals surface area contributed by atoms with Gasteiger partial charge < -0.3 is 14.7 Å². The molecule has 0 aliphatic rings. The van der Waals surface area contributed by atoms with E-state index in [0.29, 0.717) is 17.9 Å². The SMILES string of the molecule is CCOc1cc(/C=C/C(=O)c2ccc(N(C)C)cc2)ccc1O. The number of carbonyl (C=O) groups is 1. The van der Waals surface area contributed by atoms with E-state index in [2.05, 4.69) is 0 Å². The Morgan fingerprint density at radius 3 is 2.48 bits per heavy atom. The van der Waals surface area contributed by atoms with E-state index in [-0.39, 0.29) is 11.5 Å². The Morgan fingerprint density at radius 1 is 1.17 bits per heavy atom. The molecule has 0 fully saturated rings. The molecule has 2 rings (SSSR count). The molecule has 2 aromatic rings. The molecule has 0 aliphatic carbocycles. The van der Waals surface area contributed by atoms with Gasteiger partial charge in [0.1, 0.15) is 0 Å². The number of benzene rings is 2. The Labute approximate surface area is 136 Å². The maximum atomic E-state index is 12.2. The summed E-state index contributed by atoms with van der Waals surface area (Å²) in [4.78, 5) is 14.2. The van der Waals surface area contributed by atoms with Gasteiger partial charge in [0.05, 0.1) is 6.61 Å². The fourth-order valence-corrected chi connectivity index (χ4v) is 2.10. The monoisotopic (exact) mass is 311 g/mol. The number of phenols is 1. The van der Waals surface area contributed by atoms with Crippen molar-refractivity contribution in [3.05, 3.63) is 59.7 Å². The molecule has 0 atom stereocenters. The number of hydrogen-bond donors (Lipinski definition) is 1. The zero-order valence-electron chi connectivity index (χ0n) is 13.6. The molecule has 23 heavy (non-hydrogen) atoms. The number of hydrogen-bond acceptors (Lipinski definition) is 4. The number of nitrogens with zero attached hydrogens (tertiary/aromatic N) is 1. The molecule has 0 radical (unpaired) electrons. The lowest BCUT2D eigenvalue weighted by atomic mass is 10.1. The van der Waals surface area contributed by atoms with Gasteiger partial charge in [0.25, 0.3) is 0 Å². The van der Waals surface area contributed by atoms with Crippen molar-refractivity contribution in [3.63, 3.8) is 0 Å². The molecule has 0 saturated carbocycles. The number of anilines is 1. The van der Waals surface area contributed by atoms with E-state index in [9.17, 15) is 9.90 Å². The summed E-state index contributed by atoms with van der Waals surface area (Å²) in [5.74, 6) is 0.438. The van der Waals surface area contributed by atoms with Crippen LogP contribution in [0, 0.1) is 0 Å². The number of ether oxygens (including phenoxy) is 1. The first kappa shape index (κ1) is 16.6. The molecular formula is C19H21NO3. The summed E-state index contributed by atoms with van der Waals surface area (Å²) in [5, 5.41) is 9.67. The number of allylic oxidation sites excluding steroid dienone is 1. The predicted octanol–water partition coefficient (Wildman–Crippen LogP) is 3.75. The number of aromatic hydroxyl groups is 1. The van der Waals surface area contributed by atoms with Crippen LogP contribution >= 0.6 is 0 Å². The largest absolute Gasteiger partial charge is 0.504 e. The number of rotatable bonds is 6. The Hall–Kier alpha value is -2.75. The van der Waals surface area contributed by atoms with Gasteiger partial charge in [0.2, 0.25) is 0 Å². The van der Waals surface area contributed by atoms with Crippen molar-refractivity contribution in [1.29, 1.82) is 0 Å². The van der Waals surface area contributed by atoms with E-state index in [1.54, 1.807) is 24.3 Å². The zero-order valence-corrected chi connectivity index (χ0v) is 13.6. The van der Waals surface area contributed by atoms with Crippen LogP contribution in [0.1, 0.15) is 22.8 Å². The summed E-state index contributed by atoms with van der Waals surface area (Å²) in [5.41, 5.74) is 2.48. The third-order valence-electron chi connectivity index (χ3n) is 3.38. The fourth-order valence-electron chi connectivity index (χ4n) is 2.10. The lowest BCUT2D eigenvalue weighted by Crippen LogP contribution is -2.08. The second-order valence-corrected chi connectivity index (χ2v) is 5.30. The van der Waals surface area contributed by atoms with Crippen molar-refractivity contribution in [2.75, 3.05) is 25.6 Å². The second-order valence-electron chi connectivity index (χ2n) is 5.30. The van der Waals surface area contributed by atoms with Crippen LogP contribution < -0.4 is 9.64 Å². The summed E-state index contributed by atoms with van der Waals surface area (Å²) in [6.45, 7) is 2.32. The minimum Gasteiger partial charge on any atom is -0.504 e. The standard InChI is InChI=1S/C19H21NO3/c1-4-23-19-13-14(6-12-18(19)22)5-11-17(21)15-7-9-16(10-8-15)20(2)3/h5-13,22H,4H2,1-3H3/b11-5+. The smallest absolute Gasteiger partial charge is 0.185 e. The lowest BCUT2D eigenvalue weighted by molar-refractivity contribution is 0.104. The van der Waals surface area contributed by atoms with Crippen molar-refractivity contribution < 1.29 is 14.6 Å². The van der Waals surface area contributed by atoms with Gasteiger partial charge in [-0.2, -0.15) is 0 Å². The molecule has 0 amide bonds. The van der Waals surface area contributed by atoms with E-state index in [0.717, 1.165) is 11.3 Å². The summed E-state index contributed by atoms with van der Waals surface area (Å²) < 4.78 is 5.33. The van der Waals surface area contributed by atoms with Crippen LogP contribution in [-0.4, -0.2) is 31.6 Å². The van der Waals surface area contributed by atoms with Crippen LogP contribution in [0.25, 0.3) is 6.08 Å². The van der Waals surface area contributed by atoms with Gasteiger partial charge in [-0.3, -0.25) is 4.79 Å². The lowest BCUT2D eigenvalue weighted by Gasteiger charge is -2.11. The average molecular weight is 311 g/mol. The second kappa shape index (κ2) is 7.49. The van der Waals surface area contributed by atoms with Crippen molar-refractivity contribution in [2.45, 2.75) is 6.92 Å². The molecular weight excluding hydrogens is 290 g/mol. The van der Waals surface area contributed by atoms with Gasteiger partial charge in [-0.1, -0.05) is 12.1 Å². The summed E-state index contributed by atoms with van der Waals surface area (Å²) in [6.07, 6.45) is 3.23. The topological polar surface area (TPSA) is 49.8 Å². The highest BCUT2D eigenvalue weighted by Crippen LogP contribution is 2.27. The first-order valence-corrected chi connectivity index (χ1v) is 7.47. The molecule has 0 aliphatic heterocycles. The Morgan fingerprint density at radius 2 is 1.87 bits per heavy atom. The van der Waals surface area contributed by atoms with E-state index in [4.69, 9.17) is 4.74 Å². The van der Waals surface area contributed by atoms with E-state index in [1.165, 1.54) is 6.08 Å². The van der Waals surface area contributed by atoms with Crippen LogP contribution in [0.15, 0.2) is 48.5 Å². The van der Waals surface area contributed by atoms with Crippen LogP contribution in [0.4, 0.5) is 5.69 Å². The summed E-state index contributed by atoms with van der Waals surface area (Å²) >= 11 is 0. The zero-order chi connectivity index (χ0) is 16.8. The molecule has 4 nitrogen and oxygen atoms in total. The van der Waals surface area contributed by atoms with Crippen LogP contribution in [0.2, 0.25) is 0 Å². The third kappa shape index (κ3) is 4.36. The first-order chi connectivity index (χ1) is 11.0. The van der Waals surface area contributed by atoms with E-state index >= 15 is 0 Å². The first-order valence-electron chi connectivity index (χ1n) is 7.47. The quantitative estimate of drug-likeness (QED) is 0.652. The molecule has 0 bridgehead atoms. The minimum absolute atomic E-state index is 0.0682. The summed E-state index contributed by atoms with van der Waals surface area (Å²) in [7, 11) is 3.91. The molecule has 2 aromatic carbocycles. The molecule has 4 heteroatoms. The summed E-state index contributed by atoms with van der Waals surface area (Å²) in [6, 6.07) is 12.4. The Balaban J connectivity index is 2.13. The van der Waals surface area contributed by atoms with Crippen LogP contribution in [0.5, 0.6) is 11.5 Å². The molecule has 0 unspecified atom stereocenters. The molecule has 0 spiro atoms. The highest BCUT2D eigenvalue weighted by atomic mass is 16.5. The molecule has 120 valence electrons. The van der Waals surface area contributed by atoms with Gasteiger partial charge in [0, 0.05) is 25.3 Å². The Bertz CT molecular complexity index is 703. The Kier molecular flexibility index (Phi) is 5.41. The van der Waals surface area contributed by atoms with Gasteiger partial charge in [-0.25, -0.2) is 0 Å². The van der Waals surface area contributed by atoms with Crippen LogP contribution in [-0.2, 0) is 0 Å². The third-order valence-corrected chi connectivity index (χ3v) is 3.38. The average Bonchev–Trinajstić information content (AvgIpc) is 2.55. The van der Waals surface area contributed by atoms with E-state index in [1.807, 2.05) is 50.2 Å². The van der Waals surface area contributed by atoms with Crippen molar-refractivity contribution >= 4 is 17.5 Å². The van der Waals surface area contributed by atoms with Crippen molar-refractivity contribution in [3.8, 4) is 11.5 Å². The maximum absolute atomic E-state index is 12.2. The van der Waals surface area contributed by atoms with Crippen LogP contribution in [0.3, 0.4) is 0 Å². The van der Waals surface area contributed by atoms with E-state index < -0.39 is 0 Å². The van der Waals surface area contributed by atoms with Crippen molar-refractivity contribution in [2.24, 2.45) is 0 Å². The highest BCUT2D eigenvalue weighted by Gasteiger charge is 2.04. The molecule has 0 heterocycles. The maximum Gasteiger partial charge on any atom is 0.185 e. The predicted molar refractivity (Wildman–Crippen MR) is 93.4 cm³/mol. The molecule has 0 aromatic heterocycles. The van der Waals surface area contributed by atoms with Gasteiger partial charge in [-0.05, 0) is 55.0 Å². The molecule has 0 saturated heterocycles. The number of carbonyl (C=O) groups excluding carboxylic acids is 1. The minimum atomic E-state index is -0.0682.